The van der Waals surface area contributed by atoms with E-state index in [1.165, 1.54) is 24.5 Å². The minimum Gasteiger partial charge on any atom is -0.476 e. The monoisotopic (exact) mass is 382 g/mol. The van der Waals surface area contributed by atoms with Crippen molar-refractivity contribution in [2.75, 3.05) is 11.5 Å². The fourth-order valence-electron chi connectivity index (χ4n) is 1.76. The van der Waals surface area contributed by atoms with Gasteiger partial charge in [-0.1, -0.05) is 0 Å². The van der Waals surface area contributed by atoms with Gasteiger partial charge in [-0.3, -0.25) is 0 Å². The summed E-state index contributed by atoms with van der Waals surface area (Å²) in [6, 6.07) is 6.36. The summed E-state index contributed by atoms with van der Waals surface area (Å²) < 4.78 is 5.11. The highest BCUT2D eigenvalue weighted by Gasteiger charge is 2.21. The summed E-state index contributed by atoms with van der Waals surface area (Å²) in [5, 5.41) is 25.5. The van der Waals surface area contributed by atoms with Gasteiger partial charge < -0.3 is 21.3 Å². The molecule has 0 spiro atoms. The first-order valence-electron chi connectivity index (χ1n) is 7.76. The normalized spacial score (nSPS) is 9.89. The van der Waals surface area contributed by atoms with Crippen LogP contribution in [0.5, 0.6) is 0 Å². The molecule has 5 N–H and O–H groups in total. The second kappa shape index (κ2) is 8.96. The lowest BCUT2D eigenvalue weighted by Crippen LogP contribution is -2.25. The van der Waals surface area contributed by atoms with Crippen molar-refractivity contribution in [2.24, 2.45) is 0 Å². The molecule has 2 rings (SSSR count). The summed E-state index contributed by atoms with van der Waals surface area (Å²) in [6.07, 6.45) is 2.45. The van der Waals surface area contributed by atoms with Crippen molar-refractivity contribution in [1.29, 1.82) is 10.5 Å². The second-order valence-electron chi connectivity index (χ2n) is 6.35. The van der Waals surface area contributed by atoms with Gasteiger partial charge in [-0.2, -0.15) is 10.5 Å². The lowest BCUT2D eigenvalue weighted by molar-refractivity contribution is 0.00640. The van der Waals surface area contributed by atoms with Gasteiger partial charge in [0.2, 0.25) is 0 Å². The van der Waals surface area contributed by atoms with Crippen molar-refractivity contribution in [3.63, 3.8) is 0 Å². The van der Waals surface area contributed by atoms with Gasteiger partial charge in [0.05, 0.1) is 22.5 Å². The molecule has 0 saturated heterocycles. The number of carboxylic acid groups (broad SMARTS) is 1. The molecular formula is C18H18N6O4. The van der Waals surface area contributed by atoms with E-state index in [-0.39, 0.29) is 28.3 Å². The van der Waals surface area contributed by atoms with Crippen LogP contribution in [-0.2, 0) is 4.74 Å². The number of aromatic carboxylic acids is 1. The fourth-order valence-corrected chi connectivity index (χ4v) is 1.76. The molecule has 0 amide bonds. The van der Waals surface area contributed by atoms with E-state index in [9.17, 15) is 9.59 Å². The van der Waals surface area contributed by atoms with E-state index < -0.39 is 17.5 Å². The number of carbonyl (C=O) groups is 2. The van der Waals surface area contributed by atoms with Crippen LogP contribution in [0.4, 0.5) is 11.4 Å². The van der Waals surface area contributed by atoms with Crippen molar-refractivity contribution in [3.05, 3.63) is 47.0 Å². The lowest BCUT2D eigenvalue weighted by Gasteiger charge is -2.19. The Labute approximate surface area is 161 Å². The van der Waals surface area contributed by atoms with Gasteiger partial charge in [-0.25, -0.2) is 19.6 Å². The third kappa shape index (κ3) is 6.28. The highest BCUT2D eigenvalue weighted by atomic mass is 16.6. The molecule has 0 fully saturated rings. The summed E-state index contributed by atoms with van der Waals surface area (Å²) in [5.74, 6) is -1.79. The van der Waals surface area contributed by atoms with Crippen LogP contribution in [0.2, 0.25) is 0 Å². The van der Waals surface area contributed by atoms with E-state index in [2.05, 4.69) is 9.97 Å². The van der Waals surface area contributed by atoms with Crippen LogP contribution >= 0.6 is 0 Å². The first-order valence-corrected chi connectivity index (χ1v) is 7.76. The molecule has 0 unspecified atom stereocenters. The first kappa shape index (κ1) is 21.9. The number of hydrogen-bond donors (Lipinski definition) is 3. The van der Waals surface area contributed by atoms with Gasteiger partial charge in [0.25, 0.3) is 0 Å². The van der Waals surface area contributed by atoms with Crippen LogP contribution < -0.4 is 11.5 Å². The molecule has 0 aliphatic carbocycles. The van der Waals surface area contributed by atoms with Crippen LogP contribution in [0, 0.1) is 22.7 Å². The third-order valence-corrected chi connectivity index (χ3v) is 2.89. The summed E-state index contributed by atoms with van der Waals surface area (Å²) in [4.78, 5) is 29.3. The molecule has 0 bridgehead atoms. The Bertz CT molecular complexity index is 983. The Balaban J connectivity index is 0.000000292. The van der Waals surface area contributed by atoms with E-state index in [4.69, 9.17) is 31.8 Å². The number of ether oxygens (including phenoxy) is 1. The molecule has 144 valence electrons. The van der Waals surface area contributed by atoms with Crippen LogP contribution in [0.1, 0.15) is 52.9 Å². The maximum atomic E-state index is 11.6. The van der Waals surface area contributed by atoms with Gasteiger partial charge >= 0.3 is 11.9 Å². The molecule has 0 aliphatic heterocycles. The lowest BCUT2D eigenvalue weighted by atomic mass is 10.2. The van der Waals surface area contributed by atoms with Gasteiger partial charge in [0.15, 0.2) is 11.4 Å². The van der Waals surface area contributed by atoms with Crippen molar-refractivity contribution < 1.29 is 19.4 Å². The van der Waals surface area contributed by atoms with E-state index in [1.807, 2.05) is 6.07 Å². The van der Waals surface area contributed by atoms with Crippen molar-refractivity contribution >= 4 is 23.3 Å². The molecule has 0 atom stereocenters. The largest absolute Gasteiger partial charge is 0.476 e. The number of anilines is 2. The molecule has 2 heterocycles. The van der Waals surface area contributed by atoms with E-state index in [1.54, 1.807) is 26.8 Å². The molecule has 10 heteroatoms. The smallest absolute Gasteiger partial charge is 0.359 e. The number of nitriles is 2. The predicted molar refractivity (Wildman–Crippen MR) is 98.9 cm³/mol. The average Bonchev–Trinajstić information content (AvgIpc) is 2.60. The Kier molecular flexibility index (Phi) is 7.00. The molecule has 10 nitrogen and oxygen atoms in total. The number of carbonyl (C=O) groups excluding carboxylic acids is 1. The quantitative estimate of drug-likeness (QED) is 0.645. The van der Waals surface area contributed by atoms with Crippen LogP contribution in [-0.4, -0.2) is 32.6 Å². The highest BCUT2D eigenvalue weighted by molar-refractivity contribution is 5.93. The molecule has 0 saturated carbocycles. The van der Waals surface area contributed by atoms with Crippen molar-refractivity contribution in [1.82, 2.24) is 9.97 Å². The Morgan fingerprint density at radius 3 is 1.75 bits per heavy atom. The number of aromatic nitrogens is 2. The number of carboxylic acids is 1. The molecule has 0 aromatic carbocycles. The zero-order valence-corrected chi connectivity index (χ0v) is 15.4. The number of rotatable bonds is 2. The minimum absolute atomic E-state index is 0.00144. The molecule has 28 heavy (non-hydrogen) atoms. The summed E-state index contributed by atoms with van der Waals surface area (Å²) in [6.45, 7) is 5.26. The minimum atomic E-state index is -1.20. The van der Waals surface area contributed by atoms with Crippen LogP contribution in [0.15, 0.2) is 24.5 Å². The molecule has 2 aromatic heterocycles. The van der Waals surface area contributed by atoms with Gasteiger partial charge in [-0.05, 0) is 32.9 Å². The SMILES string of the molecule is CC(C)(C)OC(=O)c1ncc(C#N)cc1N.N#Cc1cnc(C(=O)O)c(N)c1. The number of nitrogen functional groups attached to an aromatic ring is 2. The fraction of sp³-hybridized carbons (Fsp3) is 0.222. The maximum absolute atomic E-state index is 11.6. The van der Waals surface area contributed by atoms with E-state index >= 15 is 0 Å². The zero-order chi connectivity index (χ0) is 21.5. The van der Waals surface area contributed by atoms with Gasteiger partial charge in [0.1, 0.15) is 17.7 Å². The van der Waals surface area contributed by atoms with Crippen LogP contribution in [0.25, 0.3) is 0 Å². The molecule has 0 radical (unpaired) electrons. The summed E-state index contributed by atoms with van der Waals surface area (Å²) in [5.41, 5.74) is 10.8. The van der Waals surface area contributed by atoms with Crippen molar-refractivity contribution in [2.45, 2.75) is 26.4 Å². The summed E-state index contributed by atoms with van der Waals surface area (Å²) >= 11 is 0. The first-order chi connectivity index (χ1) is 13.0. The average molecular weight is 382 g/mol. The Hall–Kier alpha value is -4.18. The molecular weight excluding hydrogens is 364 g/mol. The van der Waals surface area contributed by atoms with E-state index in [0.717, 1.165) is 0 Å². The predicted octanol–water partition coefficient (Wildman–Crippen LogP) is 1.72. The number of pyridine rings is 2. The van der Waals surface area contributed by atoms with Gasteiger partial charge in [0, 0.05) is 12.4 Å². The number of esters is 1. The van der Waals surface area contributed by atoms with Gasteiger partial charge in [-0.15, -0.1) is 0 Å². The standard InChI is InChI=1S/C11H13N3O2.C7H5N3O2/c1-11(2,3)16-10(15)9-8(13)4-7(5-12)6-14-9;8-2-4-1-5(9)6(7(11)12)10-3-4/h4,6H,13H2,1-3H3;1,3H,9H2,(H,11,12). The number of nitrogens with zero attached hydrogens (tertiary/aromatic N) is 4. The summed E-state index contributed by atoms with van der Waals surface area (Å²) in [7, 11) is 0. The second-order valence-corrected chi connectivity index (χ2v) is 6.35. The molecule has 0 aliphatic rings. The number of nitrogens with two attached hydrogens (primary N) is 2. The zero-order valence-electron chi connectivity index (χ0n) is 15.4. The van der Waals surface area contributed by atoms with Crippen LogP contribution in [0.3, 0.4) is 0 Å². The van der Waals surface area contributed by atoms with E-state index in [0.29, 0.717) is 5.56 Å². The highest BCUT2D eigenvalue weighted by Crippen LogP contribution is 2.16. The van der Waals surface area contributed by atoms with Crippen molar-refractivity contribution in [3.8, 4) is 12.1 Å². The molecule has 2 aromatic rings. The third-order valence-electron chi connectivity index (χ3n) is 2.89. The topological polar surface area (TPSA) is 189 Å². The maximum Gasteiger partial charge on any atom is 0.359 e. The Morgan fingerprint density at radius 2 is 1.43 bits per heavy atom. The Morgan fingerprint density at radius 1 is 1.00 bits per heavy atom. The number of hydrogen-bond acceptors (Lipinski definition) is 9.